The topological polar surface area (TPSA) is 61.4 Å². The summed E-state index contributed by atoms with van der Waals surface area (Å²) >= 11 is 5.97. The number of carbonyl (C=O) groups excluding carboxylic acids is 2. The monoisotopic (exact) mass is 359 g/mol. The summed E-state index contributed by atoms with van der Waals surface area (Å²) in [7, 11) is 4.00. The summed E-state index contributed by atoms with van der Waals surface area (Å²) in [5.41, 5.74) is 2.57. The van der Waals surface area contributed by atoms with Gasteiger partial charge in [0, 0.05) is 13.1 Å². The number of rotatable bonds is 7. The highest BCUT2D eigenvalue weighted by atomic mass is 35.5. The van der Waals surface area contributed by atoms with E-state index in [9.17, 15) is 9.59 Å². The van der Waals surface area contributed by atoms with Gasteiger partial charge >= 0.3 is 0 Å². The Morgan fingerprint density at radius 3 is 2.28 bits per heavy atom. The van der Waals surface area contributed by atoms with Crippen LogP contribution < -0.4 is 10.6 Å². The minimum atomic E-state index is -0.367. The van der Waals surface area contributed by atoms with Gasteiger partial charge in [-0.3, -0.25) is 9.59 Å². The zero-order valence-electron chi connectivity index (χ0n) is 14.4. The molecule has 2 aromatic rings. The fourth-order valence-corrected chi connectivity index (χ4v) is 2.60. The van der Waals surface area contributed by atoms with E-state index < -0.39 is 0 Å². The summed E-state index contributed by atoms with van der Waals surface area (Å²) in [6.07, 6.45) is 0. The Labute approximate surface area is 153 Å². The first-order chi connectivity index (χ1) is 12.0. The quantitative estimate of drug-likeness (QED) is 0.798. The predicted octanol–water partition coefficient (Wildman–Crippen LogP) is 2.45. The molecule has 0 heterocycles. The van der Waals surface area contributed by atoms with Crippen LogP contribution in [0.2, 0.25) is 5.02 Å². The average Bonchev–Trinajstić information content (AvgIpc) is 2.59. The molecule has 0 unspecified atom stereocenters. The lowest BCUT2D eigenvalue weighted by Gasteiger charge is -2.14. The number of hydrogen-bond acceptors (Lipinski definition) is 3. The molecule has 0 atom stereocenters. The first-order valence-electron chi connectivity index (χ1n) is 7.98. The van der Waals surface area contributed by atoms with Crippen molar-refractivity contribution in [3.8, 4) is 0 Å². The Hall–Kier alpha value is -2.37. The molecule has 25 heavy (non-hydrogen) atoms. The molecule has 5 nitrogen and oxygen atoms in total. The average molecular weight is 360 g/mol. The van der Waals surface area contributed by atoms with Gasteiger partial charge in [0.2, 0.25) is 5.91 Å². The van der Waals surface area contributed by atoms with Crippen LogP contribution in [0.15, 0.2) is 48.5 Å². The maximum absolute atomic E-state index is 12.0. The molecule has 6 heteroatoms. The van der Waals surface area contributed by atoms with E-state index in [0.717, 1.165) is 17.7 Å². The van der Waals surface area contributed by atoms with Crippen LogP contribution >= 0.6 is 11.6 Å². The van der Waals surface area contributed by atoms with E-state index in [1.165, 1.54) is 0 Å². The van der Waals surface area contributed by atoms with Crippen LogP contribution in [0, 0.1) is 0 Å². The minimum Gasteiger partial charge on any atom is -0.350 e. The number of amides is 2. The summed E-state index contributed by atoms with van der Waals surface area (Å²) in [6, 6.07) is 14.7. The molecule has 0 aliphatic rings. The number of carbonyl (C=O) groups is 2. The molecule has 2 rings (SSSR count). The van der Waals surface area contributed by atoms with Gasteiger partial charge in [-0.2, -0.15) is 0 Å². The lowest BCUT2D eigenvalue weighted by Crippen LogP contribution is -2.36. The molecule has 0 spiro atoms. The summed E-state index contributed by atoms with van der Waals surface area (Å²) in [5, 5.41) is 5.77. The van der Waals surface area contributed by atoms with Crippen LogP contribution in [0.25, 0.3) is 0 Å². The summed E-state index contributed by atoms with van der Waals surface area (Å²) in [4.78, 5) is 26.1. The van der Waals surface area contributed by atoms with Crippen molar-refractivity contribution < 1.29 is 9.59 Å². The molecule has 2 aromatic carbocycles. The summed E-state index contributed by atoms with van der Waals surface area (Å²) in [6.45, 7) is 1.13. The molecular formula is C19H22ClN3O2. The Kier molecular flexibility index (Phi) is 6.98. The SMILES string of the molecule is CN(C)Cc1ccccc1CNC(=O)CNC(=O)c1ccccc1Cl. The fraction of sp³-hybridized carbons (Fsp3) is 0.263. The highest BCUT2D eigenvalue weighted by Gasteiger charge is 2.11. The van der Waals surface area contributed by atoms with Gasteiger partial charge in [-0.1, -0.05) is 48.0 Å². The molecule has 0 radical (unpaired) electrons. The van der Waals surface area contributed by atoms with E-state index in [1.54, 1.807) is 24.3 Å². The molecule has 0 saturated heterocycles. The zero-order valence-corrected chi connectivity index (χ0v) is 15.1. The van der Waals surface area contributed by atoms with Gasteiger partial charge < -0.3 is 15.5 Å². The van der Waals surface area contributed by atoms with Crippen LogP contribution in [-0.4, -0.2) is 37.4 Å². The number of nitrogens with zero attached hydrogens (tertiary/aromatic N) is 1. The largest absolute Gasteiger partial charge is 0.350 e. The maximum Gasteiger partial charge on any atom is 0.253 e. The second-order valence-electron chi connectivity index (χ2n) is 5.95. The van der Waals surface area contributed by atoms with Crippen molar-refractivity contribution in [3.63, 3.8) is 0 Å². The van der Waals surface area contributed by atoms with Crippen molar-refractivity contribution in [2.24, 2.45) is 0 Å². The molecular weight excluding hydrogens is 338 g/mol. The fourth-order valence-electron chi connectivity index (χ4n) is 2.38. The zero-order chi connectivity index (χ0) is 18.2. The number of nitrogens with one attached hydrogen (secondary N) is 2. The summed E-state index contributed by atoms with van der Waals surface area (Å²) in [5.74, 6) is -0.617. The third-order valence-corrected chi connectivity index (χ3v) is 3.94. The molecule has 2 N–H and O–H groups in total. The van der Waals surface area contributed by atoms with Crippen LogP contribution in [-0.2, 0) is 17.9 Å². The maximum atomic E-state index is 12.0. The van der Waals surface area contributed by atoms with E-state index >= 15 is 0 Å². The number of benzene rings is 2. The van der Waals surface area contributed by atoms with E-state index in [4.69, 9.17) is 11.6 Å². The normalized spacial score (nSPS) is 10.6. The lowest BCUT2D eigenvalue weighted by atomic mass is 10.1. The van der Waals surface area contributed by atoms with Crippen LogP contribution in [0.5, 0.6) is 0 Å². The molecule has 0 aliphatic carbocycles. The van der Waals surface area contributed by atoms with E-state index in [-0.39, 0.29) is 18.4 Å². The van der Waals surface area contributed by atoms with Crippen LogP contribution in [0.1, 0.15) is 21.5 Å². The predicted molar refractivity (Wildman–Crippen MR) is 99.5 cm³/mol. The van der Waals surface area contributed by atoms with Gasteiger partial charge in [0.1, 0.15) is 0 Å². The third kappa shape index (κ3) is 5.89. The highest BCUT2D eigenvalue weighted by molar-refractivity contribution is 6.33. The van der Waals surface area contributed by atoms with Gasteiger partial charge in [-0.15, -0.1) is 0 Å². The van der Waals surface area contributed by atoms with Crippen molar-refractivity contribution in [3.05, 3.63) is 70.2 Å². The molecule has 132 valence electrons. The molecule has 0 aliphatic heterocycles. The van der Waals surface area contributed by atoms with E-state index in [0.29, 0.717) is 17.1 Å². The second kappa shape index (κ2) is 9.20. The van der Waals surface area contributed by atoms with Crippen molar-refractivity contribution in [1.82, 2.24) is 15.5 Å². The Morgan fingerprint density at radius 1 is 0.960 bits per heavy atom. The molecule has 0 saturated carbocycles. The molecule has 0 fully saturated rings. The third-order valence-electron chi connectivity index (χ3n) is 3.61. The molecule has 0 bridgehead atoms. The van der Waals surface area contributed by atoms with Crippen molar-refractivity contribution in [1.29, 1.82) is 0 Å². The van der Waals surface area contributed by atoms with Gasteiger partial charge in [0.15, 0.2) is 0 Å². The second-order valence-corrected chi connectivity index (χ2v) is 6.35. The van der Waals surface area contributed by atoms with Gasteiger partial charge in [-0.05, 0) is 37.4 Å². The first kappa shape index (κ1) is 19.0. The van der Waals surface area contributed by atoms with Crippen LogP contribution in [0.4, 0.5) is 0 Å². The standard InChI is InChI=1S/C19H22ClN3O2/c1-23(2)13-15-8-4-3-7-14(15)11-21-18(24)12-22-19(25)16-9-5-6-10-17(16)20/h3-10H,11-13H2,1-2H3,(H,21,24)(H,22,25). The lowest BCUT2D eigenvalue weighted by molar-refractivity contribution is -0.120. The number of hydrogen-bond donors (Lipinski definition) is 2. The van der Waals surface area contributed by atoms with E-state index in [1.807, 2.05) is 38.4 Å². The van der Waals surface area contributed by atoms with E-state index in [2.05, 4.69) is 15.5 Å². The van der Waals surface area contributed by atoms with Gasteiger partial charge in [0.05, 0.1) is 17.1 Å². The Morgan fingerprint density at radius 2 is 1.60 bits per heavy atom. The minimum absolute atomic E-state index is 0.0973. The summed E-state index contributed by atoms with van der Waals surface area (Å²) < 4.78 is 0. The number of halogens is 1. The van der Waals surface area contributed by atoms with Crippen LogP contribution in [0.3, 0.4) is 0 Å². The Balaban J connectivity index is 1.85. The van der Waals surface area contributed by atoms with Crippen molar-refractivity contribution in [2.45, 2.75) is 13.1 Å². The molecule has 2 amide bonds. The molecule has 0 aromatic heterocycles. The van der Waals surface area contributed by atoms with Crippen molar-refractivity contribution >= 4 is 23.4 Å². The smallest absolute Gasteiger partial charge is 0.253 e. The van der Waals surface area contributed by atoms with Gasteiger partial charge in [-0.25, -0.2) is 0 Å². The highest BCUT2D eigenvalue weighted by Crippen LogP contribution is 2.14. The first-order valence-corrected chi connectivity index (χ1v) is 8.36. The Bertz CT molecular complexity index is 747. The van der Waals surface area contributed by atoms with Crippen molar-refractivity contribution in [2.75, 3.05) is 20.6 Å². The van der Waals surface area contributed by atoms with Gasteiger partial charge in [0.25, 0.3) is 5.91 Å².